The molecule has 3 aromatic rings. The van der Waals surface area contributed by atoms with Crippen LogP contribution in [0.15, 0.2) is 35.1 Å². The third kappa shape index (κ3) is 0.990. The van der Waals surface area contributed by atoms with Gasteiger partial charge in [-0.3, -0.25) is 5.10 Å². The first-order valence-electron chi connectivity index (χ1n) is 4.15. The van der Waals surface area contributed by atoms with Crippen LogP contribution in [0.1, 0.15) is 0 Å². The smallest absolute Gasteiger partial charge is 0.187 e. The summed E-state index contributed by atoms with van der Waals surface area (Å²) in [5, 5.41) is 14.0. The lowest BCUT2D eigenvalue weighted by molar-refractivity contribution is 0.424. The van der Waals surface area contributed by atoms with Crippen molar-refractivity contribution in [1.29, 1.82) is 0 Å². The molecular formula is C9H6N4O. The minimum Gasteiger partial charge on any atom is -0.337 e. The van der Waals surface area contributed by atoms with Crippen molar-refractivity contribution in [2.24, 2.45) is 0 Å². The number of hydrogen-bond donors (Lipinski definition) is 1. The van der Waals surface area contributed by atoms with E-state index in [0.717, 1.165) is 16.6 Å². The normalized spacial score (nSPS) is 10.9. The molecule has 0 unspecified atom stereocenters. The SMILES string of the molecule is c1cc2onnc2cc1-c1cn[nH]c1. The number of benzene rings is 1. The summed E-state index contributed by atoms with van der Waals surface area (Å²) >= 11 is 0. The Labute approximate surface area is 78.7 Å². The molecule has 1 aromatic carbocycles. The highest BCUT2D eigenvalue weighted by Crippen LogP contribution is 2.21. The number of fused-ring (bicyclic) bond motifs is 1. The summed E-state index contributed by atoms with van der Waals surface area (Å²) < 4.78 is 4.91. The maximum atomic E-state index is 4.91. The average molecular weight is 186 g/mol. The van der Waals surface area contributed by atoms with Gasteiger partial charge in [0.1, 0.15) is 5.52 Å². The molecule has 0 saturated carbocycles. The first-order chi connectivity index (χ1) is 6.93. The second-order valence-corrected chi connectivity index (χ2v) is 2.94. The molecule has 0 aliphatic carbocycles. The molecular weight excluding hydrogens is 180 g/mol. The Bertz CT molecular complexity index is 555. The third-order valence-electron chi connectivity index (χ3n) is 2.08. The van der Waals surface area contributed by atoms with Crippen molar-refractivity contribution >= 4 is 11.1 Å². The lowest BCUT2D eigenvalue weighted by atomic mass is 10.1. The summed E-state index contributed by atoms with van der Waals surface area (Å²) in [6.45, 7) is 0. The van der Waals surface area contributed by atoms with Gasteiger partial charge in [-0.25, -0.2) is 0 Å². The monoisotopic (exact) mass is 186 g/mol. The third-order valence-corrected chi connectivity index (χ3v) is 2.08. The maximum Gasteiger partial charge on any atom is 0.187 e. The van der Waals surface area contributed by atoms with E-state index in [-0.39, 0.29) is 0 Å². The maximum absolute atomic E-state index is 4.91. The fourth-order valence-electron chi connectivity index (χ4n) is 1.37. The predicted octanol–water partition coefficient (Wildman–Crippen LogP) is 1.61. The zero-order chi connectivity index (χ0) is 9.38. The molecule has 3 rings (SSSR count). The van der Waals surface area contributed by atoms with E-state index in [0.29, 0.717) is 5.58 Å². The van der Waals surface area contributed by atoms with Gasteiger partial charge in [-0.15, -0.1) is 5.10 Å². The summed E-state index contributed by atoms with van der Waals surface area (Å²) in [6.07, 6.45) is 3.59. The number of aromatic amines is 1. The van der Waals surface area contributed by atoms with Crippen LogP contribution in [-0.2, 0) is 0 Å². The van der Waals surface area contributed by atoms with E-state index >= 15 is 0 Å². The molecule has 5 heteroatoms. The molecule has 0 saturated heterocycles. The predicted molar refractivity (Wildman–Crippen MR) is 49.4 cm³/mol. The van der Waals surface area contributed by atoms with E-state index < -0.39 is 0 Å². The molecule has 0 fully saturated rings. The standard InChI is InChI=1S/C9H6N4O/c1-2-9-8(12-13-14-9)3-6(1)7-4-10-11-5-7/h1-5H,(H,10,11). The molecule has 5 nitrogen and oxygen atoms in total. The van der Waals surface area contributed by atoms with E-state index in [1.165, 1.54) is 0 Å². The second kappa shape index (κ2) is 2.66. The molecule has 2 heterocycles. The zero-order valence-corrected chi connectivity index (χ0v) is 7.14. The van der Waals surface area contributed by atoms with E-state index in [1.54, 1.807) is 6.20 Å². The minimum absolute atomic E-state index is 0.692. The number of hydrogen-bond acceptors (Lipinski definition) is 4. The Morgan fingerprint density at radius 3 is 3.07 bits per heavy atom. The zero-order valence-electron chi connectivity index (χ0n) is 7.14. The molecule has 0 aliphatic heterocycles. The topological polar surface area (TPSA) is 67.6 Å². The van der Waals surface area contributed by atoms with Crippen LogP contribution in [-0.4, -0.2) is 20.6 Å². The fraction of sp³-hybridized carbons (Fsp3) is 0. The van der Waals surface area contributed by atoms with Gasteiger partial charge in [0.15, 0.2) is 5.58 Å². The average Bonchev–Trinajstić information content (AvgIpc) is 2.88. The molecule has 0 bridgehead atoms. The largest absolute Gasteiger partial charge is 0.337 e. The van der Waals surface area contributed by atoms with Crippen LogP contribution in [0.3, 0.4) is 0 Å². The highest BCUT2D eigenvalue weighted by atomic mass is 16.5. The number of rotatable bonds is 1. The van der Waals surface area contributed by atoms with Gasteiger partial charge in [0.05, 0.1) is 6.20 Å². The molecule has 68 valence electrons. The van der Waals surface area contributed by atoms with E-state index in [2.05, 4.69) is 20.6 Å². The Morgan fingerprint density at radius 1 is 1.21 bits per heavy atom. The Hall–Kier alpha value is -2.17. The van der Waals surface area contributed by atoms with Crippen molar-refractivity contribution in [2.45, 2.75) is 0 Å². The number of nitrogens with zero attached hydrogens (tertiary/aromatic N) is 3. The van der Waals surface area contributed by atoms with Gasteiger partial charge in [-0.2, -0.15) is 5.10 Å². The van der Waals surface area contributed by atoms with Crippen LogP contribution >= 0.6 is 0 Å². The Kier molecular flexibility index (Phi) is 1.38. The first kappa shape index (κ1) is 7.25. The molecule has 0 amide bonds. The molecule has 14 heavy (non-hydrogen) atoms. The van der Waals surface area contributed by atoms with Crippen molar-refractivity contribution in [2.75, 3.05) is 0 Å². The molecule has 0 atom stereocenters. The molecule has 0 spiro atoms. The van der Waals surface area contributed by atoms with Crippen molar-refractivity contribution in [3.8, 4) is 11.1 Å². The van der Waals surface area contributed by atoms with Crippen LogP contribution < -0.4 is 0 Å². The highest BCUT2D eigenvalue weighted by Gasteiger charge is 2.03. The minimum atomic E-state index is 0.692. The van der Waals surface area contributed by atoms with E-state index in [4.69, 9.17) is 4.52 Å². The van der Waals surface area contributed by atoms with Crippen molar-refractivity contribution in [3.63, 3.8) is 0 Å². The van der Waals surface area contributed by atoms with Crippen molar-refractivity contribution in [3.05, 3.63) is 30.6 Å². The van der Waals surface area contributed by atoms with Crippen LogP contribution in [0.25, 0.3) is 22.2 Å². The fourth-order valence-corrected chi connectivity index (χ4v) is 1.37. The van der Waals surface area contributed by atoms with Crippen molar-refractivity contribution in [1.82, 2.24) is 20.6 Å². The summed E-state index contributed by atoms with van der Waals surface area (Å²) in [7, 11) is 0. The van der Waals surface area contributed by atoms with Crippen LogP contribution in [0.2, 0.25) is 0 Å². The van der Waals surface area contributed by atoms with Gasteiger partial charge >= 0.3 is 0 Å². The highest BCUT2D eigenvalue weighted by molar-refractivity contribution is 5.79. The summed E-state index contributed by atoms with van der Waals surface area (Å²) in [6, 6.07) is 5.70. The Balaban J connectivity index is 2.23. The van der Waals surface area contributed by atoms with Gasteiger partial charge in [0, 0.05) is 17.0 Å². The van der Waals surface area contributed by atoms with Gasteiger partial charge in [-0.05, 0) is 17.7 Å². The Morgan fingerprint density at radius 2 is 2.21 bits per heavy atom. The number of H-pyrrole nitrogens is 1. The molecule has 2 aromatic heterocycles. The first-order valence-corrected chi connectivity index (χ1v) is 4.15. The van der Waals surface area contributed by atoms with Crippen molar-refractivity contribution < 1.29 is 4.52 Å². The van der Waals surface area contributed by atoms with Crippen LogP contribution in [0.4, 0.5) is 0 Å². The van der Waals surface area contributed by atoms with E-state index in [1.807, 2.05) is 24.4 Å². The number of aromatic nitrogens is 4. The lowest BCUT2D eigenvalue weighted by Crippen LogP contribution is -1.74. The van der Waals surface area contributed by atoms with Crippen LogP contribution in [0, 0.1) is 0 Å². The molecule has 0 radical (unpaired) electrons. The lowest BCUT2D eigenvalue weighted by Gasteiger charge is -1.93. The van der Waals surface area contributed by atoms with Gasteiger partial charge in [0.25, 0.3) is 0 Å². The van der Waals surface area contributed by atoms with E-state index in [9.17, 15) is 0 Å². The van der Waals surface area contributed by atoms with Crippen LogP contribution in [0.5, 0.6) is 0 Å². The summed E-state index contributed by atoms with van der Waals surface area (Å²) in [4.78, 5) is 0. The quantitative estimate of drug-likeness (QED) is 0.626. The summed E-state index contributed by atoms with van der Waals surface area (Å²) in [5.41, 5.74) is 3.51. The second-order valence-electron chi connectivity index (χ2n) is 2.94. The molecule has 1 N–H and O–H groups in total. The molecule has 0 aliphatic rings. The van der Waals surface area contributed by atoms with Gasteiger partial charge in [-0.1, -0.05) is 6.07 Å². The number of nitrogens with one attached hydrogen (secondary N) is 1. The van der Waals surface area contributed by atoms with Gasteiger partial charge < -0.3 is 4.52 Å². The van der Waals surface area contributed by atoms with Gasteiger partial charge in [0.2, 0.25) is 0 Å². The summed E-state index contributed by atoms with van der Waals surface area (Å²) in [5.74, 6) is 0.